The summed E-state index contributed by atoms with van der Waals surface area (Å²) >= 11 is 0. The zero-order valence-corrected chi connectivity index (χ0v) is 9.60. The van der Waals surface area contributed by atoms with E-state index in [0.717, 1.165) is 6.20 Å². The lowest BCUT2D eigenvalue weighted by Gasteiger charge is -2.19. The molecule has 1 aromatic heterocycles. The third kappa shape index (κ3) is 3.70. The number of rotatable bonds is 4. The summed E-state index contributed by atoms with van der Waals surface area (Å²) in [6.45, 7) is 4.04. The fourth-order valence-corrected chi connectivity index (χ4v) is 1.09. The SMILES string of the molecule is CC(C)(N)CNc1ncc([N+](=O)[O-])cc1C#N. The van der Waals surface area contributed by atoms with Crippen LogP contribution in [0.1, 0.15) is 19.4 Å². The lowest BCUT2D eigenvalue weighted by atomic mass is 10.1. The maximum atomic E-state index is 10.5. The highest BCUT2D eigenvalue weighted by atomic mass is 16.6. The Morgan fingerprint density at radius 3 is 2.82 bits per heavy atom. The van der Waals surface area contributed by atoms with E-state index in [1.54, 1.807) is 0 Å². The van der Waals surface area contributed by atoms with Crippen LogP contribution in [0.4, 0.5) is 11.5 Å². The van der Waals surface area contributed by atoms with Gasteiger partial charge in [0.1, 0.15) is 23.6 Å². The monoisotopic (exact) mass is 235 g/mol. The van der Waals surface area contributed by atoms with Crippen molar-refractivity contribution < 1.29 is 4.92 Å². The fourth-order valence-electron chi connectivity index (χ4n) is 1.09. The van der Waals surface area contributed by atoms with Gasteiger partial charge in [-0.2, -0.15) is 5.26 Å². The van der Waals surface area contributed by atoms with Crippen molar-refractivity contribution in [1.29, 1.82) is 5.26 Å². The molecule has 3 N–H and O–H groups in total. The van der Waals surface area contributed by atoms with Crippen molar-refractivity contribution in [1.82, 2.24) is 4.98 Å². The molecule has 1 rings (SSSR count). The Morgan fingerprint density at radius 1 is 1.71 bits per heavy atom. The molecule has 0 spiro atoms. The van der Waals surface area contributed by atoms with Crippen molar-refractivity contribution in [3.63, 3.8) is 0 Å². The minimum atomic E-state index is -0.593. The Labute approximate surface area is 98.4 Å². The molecule has 0 amide bonds. The number of anilines is 1. The maximum Gasteiger partial charge on any atom is 0.289 e. The number of nitrogens with two attached hydrogens (primary N) is 1. The highest BCUT2D eigenvalue weighted by Crippen LogP contribution is 2.18. The van der Waals surface area contributed by atoms with Crippen LogP contribution in [0.25, 0.3) is 0 Å². The molecule has 17 heavy (non-hydrogen) atoms. The van der Waals surface area contributed by atoms with Gasteiger partial charge in [0.25, 0.3) is 5.69 Å². The Kier molecular flexibility index (Phi) is 3.60. The average Bonchev–Trinajstić information content (AvgIpc) is 2.24. The van der Waals surface area contributed by atoms with Crippen molar-refractivity contribution in [3.8, 4) is 6.07 Å². The van der Waals surface area contributed by atoms with Crippen LogP contribution < -0.4 is 11.1 Å². The summed E-state index contributed by atoms with van der Waals surface area (Å²) in [6, 6.07) is 3.04. The third-order valence-corrected chi connectivity index (χ3v) is 1.92. The molecule has 0 aliphatic rings. The second-order valence-electron chi connectivity index (χ2n) is 4.30. The summed E-state index contributed by atoms with van der Waals surface area (Å²) in [5.74, 6) is 0.302. The van der Waals surface area contributed by atoms with Gasteiger partial charge in [-0.05, 0) is 13.8 Å². The van der Waals surface area contributed by atoms with E-state index in [2.05, 4.69) is 10.3 Å². The number of aromatic nitrogens is 1. The Balaban J connectivity index is 2.95. The predicted octanol–water partition coefficient (Wildman–Crippen LogP) is 1.01. The van der Waals surface area contributed by atoms with E-state index in [1.807, 2.05) is 19.9 Å². The second-order valence-corrected chi connectivity index (χ2v) is 4.30. The standard InChI is InChI=1S/C10H13N5O2/c1-10(2,12)6-14-9-7(4-11)3-8(5-13-9)15(16)17/h3,5H,6,12H2,1-2H3,(H,13,14). The third-order valence-electron chi connectivity index (χ3n) is 1.92. The molecule has 0 atom stereocenters. The van der Waals surface area contributed by atoms with Crippen molar-refractivity contribution in [2.45, 2.75) is 19.4 Å². The smallest absolute Gasteiger partial charge is 0.289 e. The summed E-state index contributed by atoms with van der Waals surface area (Å²) in [4.78, 5) is 13.8. The molecule has 0 saturated carbocycles. The summed E-state index contributed by atoms with van der Waals surface area (Å²) in [6.07, 6.45) is 1.10. The average molecular weight is 235 g/mol. The Hall–Kier alpha value is -2.20. The number of nitrogens with one attached hydrogen (secondary N) is 1. The highest BCUT2D eigenvalue weighted by molar-refractivity contribution is 5.55. The van der Waals surface area contributed by atoms with Crippen LogP contribution in [0.5, 0.6) is 0 Å². The van der Waals surface area contributed by atoms with Gasteiger partial charge in [-0.3, -0.25) is 10.1 Å². The van der Waals surface area contributed by atoms with Gasteiger partial charge in [0.05, 0.1) is 4.92 Å². The number of nitrogens with zero attached hydrogens (tertiary/aromatic N) is 3. The molecule has 0 unspecified atom stereocenters. The molecule has 0 bridgehead atoms. The lowest BCUT2D eigenvalue weighted by molar-refractivity contribution is -0.385. The minimum absolute atomic E-state index is 0.128. The number of pyridine rings is 1. The lowest BCUT2D eigenvalue weighted by Crippen LogP contribution is -2.39. The van der Waals surface area contributed by atoms with Crippen molar-refractivity contribution in [2.24, 2.45) is 5.73 Å². The van der Waals surface area contributed by atoms with Crippen LogP contribution in [0.3, 0.4) is 0 Å². The van der Waals surface area contributed by atoms with Crippen LogP contribution in [-0.2, 0) is 0 Å². The first-order chi connectivity index (χ1) is 7.83. The van der Waals surface area contributed by atoms with E-state index >= 15 is 0 Å². The number of hydrogen-bond acceptors (Lipinski definition) is 6. The van der Waals surface area contributed by atoms with Crippen LogP contribution in [0.2, 0.25) is 0 Å². The Bertz CT molecular complexity index is 473. The van der Waals surface area contributed by atoms with Gasteiger partial charge in [-0.25, -0.2) is 4.98 Å². The van der Waals surface area contributed by atoms with E-state index in [-0.39, 0.29) is 11.3 Å². The largest absolute Gasteiger partial charge is 0.367 e. The van der Waals surface area contributed by atoms with E-state index in [9.17, 15) is 10.1 Å². The summed E-state index contributed by atoms with van der Waals surface area (Å²) in [5.41, 5.74) is 5.23. The number of nitriles is 1. The van der Waals surface area contributed by atoms with Gasteiger partial charge in [-0.15, -0.1) is 0 Å². The first kappa shape index (κ1) is 12.9. The van der Waals surface area contributed by atoms with Crippen LogP contribution in [0.15, 0.2) is 12.3 Å². The quantitative estimate of drug-likeness (QED) is 0.594. The van der Waals surface area contributed by atoms with E-state index in [4.69, 9.17) is 11.0 Å². The van der Waals surface area contributed by atoms with E-state index < -0.39 is 10.5 Å². The molecule has 0 aliphatic heterocycles. The molecule has 0 saturated heterocycles. The minimum Gasteiger partial charge on any atom is -0.367 e. The van der Waals surface area contributed by atoms with Crippen LogP contribution in [0, 0.1) is 21.4 Å². The molecule has 0 aliphatic carbocycles. The van der Waals surface area contributed by atoms with Crippen molar-refractivity contribution in [2.75, 3.05) is 11.9 Å². The molecule has 1 heterocycles. The topological polar surface area (TPSA) is 118 Å². The summed E-state index contributed by atoms with van der Waals surface area (Å²) in [5, 5.41) is 22.3. The molecule has 0 aromatic carbocycles. The predicted molar refractivity (Wildman–Crippen MR) is 62.4 cm³/mol. The fraction of sp³-hybridized carbons (Fsp3) is 0.400. The van der Waals surface area contributed by atoms with Crippen LogP contribution in [-0.4, -0.2) is 22.0 Å². The van der Waals surface area contributed by atoms with Gasteiger partial charge in [0.15, 0.2) is 0 Å². The highest BCUT2D eigenvalue weighted by Gasteiger charge is 2.15. The molecule has 90 valence electrons. The van der Waals surface area contributed by atoms with Gasteiger partial charge >= 0.3 is 0 Å². The maximum absolute atomic E-state index is 10.5. The van der Waals surface area contributed by atoms with Crippen molar-refractivity contribution in [3.05, 3.63) is 27.9 Å². The second kappa shape index (κ2) is 4.76. The van der Waals surface area contributed by atoms with E-state index in [1.165, 1.54) is 6.07 Å². The number of nitro groups is 1. The zero-order valence-electron chi connectivity index (χ0n) is 9.60. The van der Waals surface area contributed by atoms with Gasteiger partial charge < -0.3 is 11.1 Å². The molecular weight excluding hydrogens is 222 g/mol. The molecular formula is C10H13N5O2. The molecule has 7 nitrogen and oxygen atoms in total. The molecule has 7 heteroatoms. The first-order valence-electron chi connectivity index (χ1n) is 4.91. The first-order valence-corrected chi connectivity index (χ1v) is 4.91. The van der Waals surface area contributed by atoms with Gasteiger partial charge in [0, 0.05) is 18.2 Å². The molecule has 1 aromatic rings. The van der Waals surface area contributed by atoms with Crippen LogP contribution >= 0.6 is 0 Å². The van der Waals surface area contributed by atoms with Crippen molar-refractivity contribution >= 4 is 11.5 Å². The van der Waals surface area contributed by atoms with Gasteiger partial charge in [0.2, 0.25) is 0 Å². The zero-order chi connectivity index (χ0) is 13.1. The van der Waals surface area contributed by atoms with E-state index in [0.29, 0.717) is 12.4 Å². The number of hydrogen-bond donors (Lipinski definition) is 2. The summed E-state index contributed by atoms with van der Waals surface area (Å²) < 4.78 is 0. The molecule has 0 fully saturated rings. The molecule has 0 radical (unpaired) electrons. The normalized spacial score (nSPS) is 10.7. The van der Waals surface area contributed by atoms with Gasteiger partial charge in [-0.1, -0.05) is 0 Å². The Morgan fingerprint density at radius 2 is 2.35 bits per heavy atom. The summed E-state index contributed by atoms with van der Waals surface area (Å²) in [7, 11) is 0.